The third-order valence-electron chi connectivity index (χ3n) is 2.88. The van der Waals surface area contributed by atoms with E-state index >= 15 is 0 Å². The summed E-state index contributed by atoms with van der Waals surface area (Å²) in [5.41, 5.74) is 0.472. The number of nitrogens with one attached hydrogen (secondary N) is 1. The molecule has 2 amide bonds. The van der Waals surface area contributed by atoms with Crippen LogP contribution in [0, 0.1) is 5.92 Å². The summed E-state index contributed by atoms with van der Waals surface area (Å²) in [7, 11) is 0. The molecule has 6 nitrogen and oxygen atoms in total. The lowest BCUT2D eigenvalue weighted by Gasteiger charge is -2.23. The Balaban J connectivity index is 2.00. The SMILES string of the molecule is O=C(Nc1cccnc1Cl)N1CCOC[C@@H](CO)C1. The predicted octanol–water partition coefficient (Wildman–Crippen LogP) is 1.21. The number of aromatic nitrogens is 1. The van der Waals surface area contributed by atoms with Crippen LogP contribution in [0.5, 0.6) is 0 Å². The maximum absolute atomic E-state index is 12.1. The summed E-state index contributed by atoms with van der Waals surface area (Å²) in [4.78, 5) is 17.6. The van der Waals surface area contributed by atoms with Crippen LogP contribution in [0.4, 0.5) is 10.5 Å². The fourth-order valence-corrected chi connectivity index (χ4v) is 2.02. The number of anilines is 1. The van der Waals surface area contributed by atoms with E-state index in [9.17, 15) is 9.90 Å². The molecule has 1 aliphatic heterocycles. The van der Waals surface area contributed by atoms with Gasteiger partial charge in [-0.3, -0.25) is 0 Å². The van der Waals surface area contributed by atoms with E-state index in [2.05, 4.69) is 10.3 Å². The number of amides is 2. The van der Waals surface area contributed by atoms with Crippen molar-refractivity contribution in [1.29, 1.82) is 0 Å². The number of hydrogen-bond acceptors (Lipinski definition) is 4. The number of halogens is 1. The van der Waals surface area contributed by atoms with Crippen LogP contribution in [0.3, 0.4) is 0 Å². The number of carbonyl (C=O) groups excluding carboxylic acids is 1. The van der Waals surface area contributed by atoms with E-state index in [1.807, 2.05) is 0 Å². The largest absolute Gasteiger partial charge is 0.396 e. The van der Waals surface area contributed by atoms with Crippen LogP contribution in [-0.4, -0.2) is 53.9 Å². The topological polar surface area (TPSA) is 74.7 Å². The zero-order valence-electron chi connectivity index (χ0n) is 10.4. The molecule has 19 heavy (non-hydrogen) atoms. The van der Waals surface area contributed by atoms with Gasteiger partial charge in [-0.1, -0.05) is 11.6 Å². The van der Waals surface area contributed by atoms with E-state index in [1.54, 1.807) is 23.2 Å². The lowest BCUT2D eigenvalue weighted by molar-refractivity contribution is 0.0958. The molecule has 0 bridgehead atoms. The molecule has 1 aromatic heterocycles. The molecule has 2 rings (SSSR count). The van der Waals surface area contributed by atoms with Crippen molar-refractivity contribution in [2.45, 2.75) is 0 Å². The number of nitrogens with zero attached hydrogens (tertiary/aromatic N) is 2. The van der Waals surface area contributed by atoms with E-state index < -0.39 is 0 Å². The van der Waals surface area contributed by atoms with Gasteiger partial charge in [0.05, 0.1) is 18.9 Å². The van der Waals surface area contributed by atoms with Crippen molar-refractivity contribution in [3.8, 4) is 0 Å². The number of pyridine rings is 1. The van der Waals surface area contributed by atoms with Crippen molar-refractivity contribution in [1.82, 2.24) is 9.88 Å². The van der Waals surface area contributed by atoms with E-state index in [0.717, 1.165) is 0 Å². The first kappa shape index (κ1) is 14.0. The fourth-order valence-electron chi connectivity index (χ4n) is 1.85. The Bertz CT molecular complexity index is 444. The van der Waals surface area contributed by atoms with E-state index in [1.165, 1.54) is 0 Å². The van der Waals surface area contributed by atoms with Crippen LogP contribution in [0.1, 0.15) is 0 Å². The average molecular weight is 286 g/mol. The molecule has 1 aromatic rings. The van der Waals surface area contributed by atoms with Crippen molar-refractivity contribution >= 4 is 23.3 Å². The summed E-state index contributed by atoms with van der Waals surface area (Å²) >= 11 is 5.89. The first-order chi connectivity index (χ1) is 9.20. The summed E-state index contributed by atoms with van der Waals surface area (Å²) in [6.07, 6.45) is 1.56. The molecule has 104 valence electrons. The Morgan fingerprint density at radius 3 is 3.26 bits per heavy atom. The molecule has 1 aliphatic rings. The van der Waals surface area contributed by atoms with E-state index in [-0.39, 0.29) is 23.7 Å². The average Bonchev–Trinajstić information content (AvgIpc) is 2.66. The third-order valence-corrected chi connectivity index (χ3v) is 3.18. The highest BCUT2D eigenvalue weighted by Crippen LogP contribution is 2.18. The number of aliphatic hydroxyl groups excluding tert-OH is 1. The van der Waals surface area contributed by atoms with Crippen molar-refractivity contribution in [3.05, 3.63) is 23.5 Å². The molecule has 0 aromatic carbocycles. The molecule has 2 N–H and O–H groups in total. The summed E-state index contributed by atoms with van der Waals surface area (Å²) in [5.74, 6) is -0.0578. The number of hydrogen-bond donors (Lipinski definition) is 2. The molecule has 1 atom stereocenters. The first-order valence-corrected chi connectivity index (χ1v) is 6.43. The molecular weight excluding hydrogens is 270 g/mol. The Morgan fingerprint density at radius 1 is 1.68 bits per heavy atom. The standard InChI is InChI=1S/C12H16ClN3O3/c13-11-10(2-1-3-14-11)15-12(18)16-4-5-19-8-9(6-16)7-17/h1-3,9,17H,4-8H2,(H,15,18)/t9-/m1/s1. The number of rotatable bonds is 2. The lowest BCUT2D eigenvalue weighted by atomic mass is 10.2. The van der Waals surface area contributed by atoms with Crippen LogP contribution >= 0.6 is 11.6 Å². The summed E-state index contributed by atoms with van der Waals surface area (Å²) in [5, 5.41) is 12.1. The maximum Gasteiger partial charge on any atom is 0.322 e. The van der Waals surface area contributed by atoms with Crippen molar-refractivity contribution in [3.63, 3.8) is 0 Å². The Labute approximate surface area is 116 Å². The molecule has 0 saturated carbocycles. The van der Waals surface area contributed by atoms with Crippen molar-refractivity contribution in [2.24, 2.45) is 5.92 Å². The molecule has 1 fully saturated rings. The highest BCUT2D eigenvalue weighted by molar-refractivity contribution is 6.32. The van der Waals surface area contributed by atoms with Crippen LogP contribution in [0.15, 0.2) is 18.3 Å². The molecular formula is C12H16ClN3O3. The minimum atomic E-state index is -0.265. The number of aliphatic hydroxyl groups is 1. The van der Waals surface area contributed by atoms with Gasteiger partial charge >= 0.3 is 6.03 Å². The van der Waals surface area contributed by atoms with Gasteiger partial charge < -0.3 is 20.1 Å². The number of urea groups is 1. The van der Waals surface area contributed by atoms with Gasteiger partial charge in [0.2, 0.25) is 0 Å². The van der Waals surface area contributed by atoms with Gasteiger partial charge in [0.25, 0.3) is 0 Å². The second kappa shape index (κ2) is 6.70. The van der Waals surface area contributed by atoms with Gasteiger partial charge in [-0.15, -0.1) is 0 Å². The Hall–Kier alpha value is -1.37. The van der Waals surface area contributed by atoms with Crippen LogP contribution in [0.25, 0.3) is 0 Å². The van der Waals surface area contributed by atoms with Gasteiger partial charge in [-0.25, -0.2) is 9.78 Å². The monoisotopic (exact) mass is 285 g/mol. The van der Waals surface area contributed by atoms with Gasteiger partial charge in [0, 0.05) is 31.8 Å². The lowest BCUT2D eigenvalue weighted by Crippen LogP contribution is -2.39. The highest BCUT2D eigenvalue weighted by atomic mass is 35.5. The van der Waals surface area contributed by atoms with Crippen molar-refractivity contribution in [2.75, 3.05) is 38.2 Å². The zero-order chi connectivity index (χ0) is 13.7. The fraction of sp³-hybridized carbons (Fsp3) is 0.500. The molecule has 1 saturated heterocycles. The third kappa shape index (κ3) is 3.79. The Kier molecular flexibility index (Phi) is 4.95. The van der Waals surface area contributed by atoms with Gasteiger partial charge in [0.15, 0.2) is 5.15 Å². The second-order valence-electron chi connectivity index (χ2n) is 4.34. The predicted molar refractivity (Wildman–Crippen MR) is 71.2 cm³/mol. The van der Waals surface area contributed by atoms with Gasteiger partial charge in [-0.2, -0.15) is 0 Å². The molecule has 7 heteroatoms. The van der Waals surface area contributed by atoms with Crippen LogP contribution < -0.4 is 5.32 Å². The van der Waals surface area contributed by atoms with E-state index in [0.29, 0.717) is 32.0 Å². The second-order valence-corrected chi connectivity index (χ2v) is 4.70. The smallest absolute Gasteiger partial charge is 0.322 e. The summed E-state index contributed by atoms with van der Waals surface area (Å²) in [6, 6.07) is 3.12. The highest BCUT2D eigenvalue weighted by Gasteiger charge is 2.22. The maximum atomic E-state index is 12.1. The molecule has 0 radical (unpaired) electrons. The molecule has 0 unspecified atom stereocenters. The Morgan fingerprint density at radius 2 is 2.53 bits per heavy atom. The molecule has 0 aliphatic carbocycles. The normalized spacial score (nSPS) is 19.9. The van der Waals surface area contributed by atoms with Gasteiger partial charge in [0.1, 0.15) is 0 Å². The number of ether oxygens (including phenoxy) is 1. The van der Waals surface area contributed by atoms with Crippen LogP contribution in [0.2, 0.25) is 5.15 Å². The summed E-state index contributed by atoms with van der Waals surface area (Å²) < 4.78 is 5.33. The van der Waals surface area contributed by atoms with E-state index in [4.69, 9.17) is 16.3 Å². The van der Waals surface area contributed by atoms with Gasteiger partial charge in [-0.05, 0) is 12.1 Å². The molecule has 2 heterocycles. The minimum Gasteiger partial charge on any atom is -0.396 e. The zero-order valence-corrected chi connectivity index (χ0v) is 11.1. The first-order valence-electron chi connectivity index (χ1n) is 6.05. The minimum absolute atomic E-state index is 0.00255. The van der Waals surface area contributed by atoms with Crippen LogP contribution in [-0.2, 0) is 4.74 Å². The van der Waals surface area contributed by atoms with Crippen molar-refractivity contribution < 1.29 is 14.6 Å². The summed E-state index contributed by atoms with van der Waals surface area (Å²) in [6.45, 7) is 1.87. The molecule has 0 spiro atoms. The quantitative estimate of drug-likeness (QED) is 0.801. The number of carbonyl (C=O) groups is 1.